The molecule has 0 radical (unpaired) electrons. The van der Waals surface area contributed by atoms with E-state index in [9.17, 15) is 4.79 Å². The number of rotatable bonds is 7. The van der Waals surface area contributed by atoms with E-state index in [0.717, 1.165) is 22.2 Å². The highest BCUT2D eigenvalue weighted by molar-refractivity contribution is 9.10. The summed E-state index contributed by atoms with van der Waals surface area (Å²) in [6.07, 6.45) is 4.16. The van der Waals surface area contributed by atoms with Gasteiger partial charge in [-0.3, -0.25) is 15.1 Å². The molecule has 0 saturated heterocycles. The Bertz CT molecular complexity index is 1110. The molecule has 0 spiro atoms. The van der Waals surface area contributed by atoms with Crippen LogP contribution in [0.2, 0.25) is 0 Å². The molecule has 2 aromatic carbocycles. The summed E-state index contributed by atoms with van der Waals surface area (Å²) >= 11 is 4.85. The largest absolute Gasteiger partial charge is 0.493 e. The third kappa shape index (κ3) is 5.08. The highest BCUT2D eigenvalue weighted by Gasteiger charge is 2.30. The van der Waals surface area contributed by atoms with Crippen molar-refractivity contribution in [3.05, 3.63) is 75.2 Å². The number of amidine groups is 2. The minimum atomic E-state index is -0.405. The summed E-state index contributed by atoms with van der Waals surface area (Å²) in [5.41, 5.74) is 2.24. The molecule has 158 valence electrons. The van der Waals surface area contributed by atoms with Gasteiger partial charge in [0.05, 0.1) is 23.3 Å². The highest BCUT2D eigenvalue weighted by atomic mass is 79.9. The van der Waals surface area contributed by atoms with E-state index in [1.54, 1.807) is 22.6 Å². The van der Waals surface area contributed by atoms with Crippen LogP contribution in [0.4, 0.5) is 0 Å². The molecule has 2 aromatic rings. The lowest BCUT2D eigenvalue weighted by Gasteiger charge is -2.22. The molecule has 31 heavy (non-hydrogen) atoms. The number of carbonyl (C=O) groups is 1. The fraction of sp³-hybridized carbons (Fsp3) is 0.174. The van der Waals surface area contributed by atoms with Gasteiger partial charge in [0.1, 0.15) is 17.3 Å². The molecule has 0 aromatic heterocycles. The van der Waals surface area contributed by atoms with Crippen molar-refractivity contribution in [2.75, 3.05) is 13.2 Å². The first-order valence-corrected chi connectivity index (χ1v) is 11.4. The van der Waals surface area contributed by atoms with Gasteiger partial charge in [0.25, 0.3) is 5.91 Å². The summed E-state index contributed by atoms with van der Waals surface area (Å²) < 4.78 is 12.3. The SMILES string of the molecule is Cc1ccc(OCCCOc2ccc(/C=C3/C(=N)N4C=CSC4=NC3=O)cc2Br)cc1. The van der Waals surface area contributed by atoms with Crippen molar-refractivity contribution < 1.29 is 14.3 Å². The molecule has 2 aliphatic rings. The van der Waals surface area contributed by atoms with E-state index in [0.29, 0.717) is 24.1 Å². The first-order valence-electron chi connectivity index (χ1n) is 9.69. The predicted molar refractivity (Wildman–Crippen MR) is 128 cm³/mol. The lowest BCUT2D eigenvalue weighted by Crippen LogP contribution is -2.35. The van der Waals surface area contributed by atoms with Crippen LogP contribution >= 0.6 is 27.7 Å². The molecule has 0 saturated carbocycles. The quantitative estimate of drug-likeness (QED) is 0.410. The van der Waals surface area contributed by atoms with Crippen LogP contribution in [-0.2, 0) is 4.79 Å². The van der Waals surface area contributed by atoms with Crippen molar-refractivity contribution in [2.24, 2.45) is 4.99 Å². The van der Waals surface area contributed by atoms with Gasteiger partial charge < -0.3 is 9.47 Å². The van der Waals surface area contributed by atoms with Gasteiger partial charge in [-0.05, 0) is 64.2 Å². The number of carbonyl (C=O) groups excluding carboxylic acids is 1. The van der Waals surface area contributed by atoms with Crippen LogP contribution in [0.25, 0.3) is 6.08 Å². The minimum Gasteiger partial charge on any atom is -0.493 e. The summed E-state index contributed by atoms with van der Waals surface area (Å²) in [7, 11) is 0. The summed E-state index contributed by atoms with van der Waals surface area (Å²) in [6.45, 7) is 3.13. The topological polar surface area (TPSA) is 75.0 Å². The summed E-state index contributed by atoms with van der Waals surface area (Å²) in [5, 5.41) is 10.6. The molecule has 4 rings (SSSR count). The van der Waals surface area contributed by atoms with Crippen LogP contribution in [0, 0.1) is 12.3 Å². The Morgan fingerprint density at radius 3 is 2.71 bits per heavy atom. The normalized spacial score (nSPS) is 16.5. The molecule has 0 atom stereocenters. The van der Waals surface area contributed by atoms with Crippen LogP contribution in [0.3, 0.4) is 0 Å². The number of hydrogen-bond acceptors (Lipinski definition) is 5. The molecule has 0 aliphatic carbocycles. The van der Waals surface area contributed by atoms with Crippen LogP contribution in [0.1, 0.15) is 17.5 Å². The Hall–Kier alpha value is -2.84. The minimum absolute atomic E-state index is 0.126. The first-order chi connectivity index (χ1) is 15.0. The second kappa shape index (κ2) is 9.53. The molecular weight excluding hydrogens is 478 g/mol. The number of hydrogen-bond donors (Lipinski definition) is 1. The van der Waals surface area contributed by atoms with E-state index in [-0.39, 0.29) is 11.4 Å². The number of amides is 1. The van der Waals surface area contributed by atoms with Gasteiger partial charge in [0.15, 0.2) is 5.17 Å². The monoisotopic (exact) mass is 497 g/mol. The lowest BCUT2D eigenvalue weighted by molar-refractivity contribution is -0.114. The number of aliphatic imine (C=N–C) groups is 1. The van der Waals surface area contributed by atoms with E-state index < -0.39 is 5.91 Å². The highest BCUT2D eigenvalue weighted by Crippen LogP contribution is 2.30. The number of aryl methyl sites for hydroxylation is 1. The Morgan fingerprint density at radius 2 is 1.94 bits per heavy atom. The number of ether oxygens (including phenoxy) is 2. The Labute approximate surface area is 193 Å². The van der Waals surface area contributed by atoms with Crippen molar-refractivity contribution in [1.29, 1.82) is 5.41 Å². The molecule has 8 heteroatoms. The van der Waals surface area contributed by atoms with E-state index in [1.165, 1.54) is 17.3 Å². The fourth-order valence-corrected chi connectivity index (χ4v) is 4.20. The van der Waals surface area contributed by atoms with E-state index >= 15 is 0 Å². The zero-order chi connectivity index (χ0) is 21.8. The van der Waals surface area contributed by atoms with E-state index in [2.05, 4.69) is 20.9 Å². The number of nitrogens with zero attached hydrogens (tertiary/aromatic N) is 2. The first kappa shape index (κ1) is 21.4. The Balaban J connectivity index is 1.33. The number of benzene rings is 2. The maximum atomic E-state index is 12.3. The smallest absolute Gasteiger partial charge is 0.283 e. The van der Waals surface area contributed by atoms with Crippen molar-refractivity contribution in [3.8, 4) is 11.5 Å². The average molecular weight is 498 g/mol. The number of nitrogens with one attached hydrogen (secondary N) is 1. The maximum Gasteiger partial charge on any atom is 0.283 e. The standard InChI is InChI=1S/C23H20BrN3O3S/c1-15-3-6-17(7-4-15)29-10-2-11-30-20-8-5-16(14-19(20)24)13-18-21(25)27-9-12-31-23(27)26-22(18)28/h3-9,12-14,25H,2,10-11H2,1H3/b18-13-,25-21?. The maximum absolute atomic E-state index is 12.3. The molecule has 2 aliphatic heterocycles. The van der Waals surface area contributed by atoms with Crippen molar-refractivity contribution in [1.82, 2.24) is 4.90 Å². The predicted octanol–water partition coefficient (Wildman–Crippen LogP) is 5.38. The third-order valence-electron chi connectivity index (χ3n) is 4.62. The summed E-state index contributed by atoms with van der Waals surface area (Å²) in [4.78, 5) is 18.0. The number of fused-ring (bicyclic) bond motifs is 1. The van der Waals surface area contributed by atoms with E-state index in [4.69, 9.17) is 14.9 Å². The van der Waals surface area contributed by atoms with Gasteiger partial charge in [-0.2, -0.15) is 4.99 Å². The Morgan fingerprint density at radius 1 is 1.16 bits per heavy atom. The van der Waals surface area contributed by atoms with Gasteiger partial charge in [-0.25, -0.2) is 0 Å². The van der Waals surface area contributed by atoms with Gasteiger partial charge in [-0.15, -0.1) is 0 Å². The molecule has 1 N–H and O–H groups in total. The molecule has 0 unspecified atom stereocenters. The van der Waals surface area contributed by atoms with E-state index in [1.807, 2.05) is 49.4 Å². The van der Waals surface area contributed by atoms with Crippen molar-refractivity contribution in [3.63, 3.8) is 0 Å². The van der Waals surface area contributed by atoms with Crippen molar-refractivity contribution in [2.45, 2.75) is 13.3 Å². The van der Waals surface area contributed by atoms with Gasteiger partial charge in [-0.1, -0.05) is 35.5 Å². The fourth-order valence-electron chi connectivity index (χ4n) is 2.99. The third-order valence-corrected chi connectivity index (χ3v) is 5.99. The number of halogens is 1. The molecular formula is C23H20BrN3O3S. The molecule has 2 heterocycles. The van der Waals surface area contributed by atoms with Crippen LogP contribution < -0.4 is 9.47 Å². The average Bonchev–Trinajstić information content (AvgIpc) is 3.22. The number of thioether (sulfide) groups is 1. The van der Waals surface area contributed by atoms with Gasteiger partial charge >= 0.3 is 0 Å². The summed E-state index contributed by atoms with van der Waals surface area (Å²) in [6, 6.07) is 13.5. The molecule has 0 fully saturated rings. The second-order valence-corrected chi connectivity index (χ2v) is 8.66. The van der Waals surface area contributed by atoms with Crippen LogP contribution in [0.15, 0.2) is 69.1 Å². The van der Waals surface area contributed by atoms with Gasteiger partial charge in [0, 0.05) is 12.6 Å². The Kier molecular flexibility index (Phi) is 6.58. The van der Waals surface area contributed by atoms with Crippen LogP contribution in [-0.4, -0.2) is 35.0 Å². The van der Waals surface area contributed by atoms with Gasteiger partial charge in [0.2, 0.25) is 0 Å². The van der Waals surface area contributed by atoms with Crippen molar-refractivity contribution >= 4 is 50.7 Å². The zero-order valence-electron chi connectivity index (χ0n) is 16.8. The second-order valence-electron chi connectivity index (χ2n) is 6.93. The molecule has 0 bridgehead atoms. The zero-order valence-corrected chi connectivity index (χ0v) is 19.2. The summed E-state index contributed by atoms with van der Waals surface area (Å²) in [5.74, 6) is 1.28. The molecule has 1 amide bonds. The molecule has 6 nitrogen and oxygen atoms in total. The van der Waals surface area contributed by atoms with Crippen LogP contribution in [0.5, 0.6) is 11.5 Å². The lowest BCUT2D eigenvalue weighted by atomic mass is 10.1.